The smallest absolute Gasteiger partial charge is 0.164 e. The second-order valence-corrected chi connectivity index (χ2v) is 5.63. The molecular formula is C14H20O2. The minimum Gasteiger partial charge on any atom is -0.389 e. The van der Waals surface area contributed by atoms with Crippen molar-refractivity contribution in [3.05, 3.63) is 22.8 Å². The van der Waals surface area contributed by atoms with E-state index < -0.39 is 6.10 Å². The Kier molecular flexibility index (Phi) is 2.58. The van der Waals surface area contributed by atoms with Gasteiger partial charge in [-0.15, -0.1) is 0 Å². The first-order valence-electron chi connectivity index (χ1n) is 5.93. The van der Waals surface area contributed by atoms with Crippen molar-refractivity contribution < 1.29 is 9.90 Å². The molecule has 0 aliphatic heterocycles. The fourth-order valence-corrected chi connectivity index (χ4v) is 3.21. The molecule has 2 heteroatoms. The van der Waals surface area contributed by atoms with E-state index in [4.69, 9.17) is 0 Å². The maximum absolute atomic E-state index is 12.3. The van der Waals surface area contributed by atoms with Gasteiger partial charge in [-0.25, -0.2) is 0 Å². The van der Waals surface area contributed by atoms with Crippen molar-refractivity contribution in [1.82, 2.24) is 0 Å². The summed E-state index contributed by atoms with van der Waals surface area (Å²) in [5.74, 6) is 0.280. The van der Waals surface area contributed by atoms with Gasteiger partial charge in [-0.1, -0.05) is 18.1 Å². The van der Waals surface area contributed by atoms with Gasteiger partial charge in [0.15, 0.2) is 5.78 Å². The highest BCUT2D eigenvalue weighted by Crippen LogP contribution is 2.49. The average Bonchev–Trinajstić information content (AvgIpc) is 2.20. The highest BCUT2D eigenvalue weighted by Gasteiger charge is 2.49. The zero-order valence-electron chi connectivity index (χ0n) is 10.5. The van der Waals surface area contributed by atoms with Gasteiger partial charge >= 0.3 is 0 Å². The van der Waals surface area contributed by atoms with Gasteiger partial charge in [-0.05, 0) is 45.3 Å². The van der Waals surface area contributed by atoms with Crippen LogP contribution in [0.4, 0.5) is 0 Å². The van der Waals surface area contributed by atoms with Gasteiger partial charge in [0, 0.05) is 11.3 Å². The van der Waals surface area contributed by atoms with E-state index in [1.165, 1.54) is 11.1 Å². The maximum Gasteiger partial charge on any atom is 0.164 e. The molecule has 0 fully saturated rings. The van der Waals surface area contributed by atoms with Crippen LogP contribution in [0.1, 0.15) is 40.5 Å². The highest BCUT2D eigenvalue weighted by molar-refractivity contribution is 6.00. The zero-order valence-corrected chi connectivity index (χ0v) is 10.5. The predicted molar refractivity (Wildman–Crippen MR) is 64.0 cm³/mol. The lowest BCUT2D eigenvalue weighted by molar-refractivity contribution is -0.131. The molecule has 0 aromatic heterocycles. The van der Waals surface area contributed by atoms with Crippen molar-refractivity contribution >= 4 is 5.78 Å². The molecule has 0 bridgehead atoms. The Morgan fingerprint density at radius 2 is 1.94 bits per heavy atom. The Balaban J connectivity index is 2.47. The summed E-state index contributed by atoms with van der Waals surface area (Å²) in [6.07, 6.45) is 2.90. The lowest BCUT2D eigenvalue weighted by atomic mass is 9.58. The molecule has 0 aromatic carbocycles. The molecule has 0 heterocycles. The summed E-state index contributed by atoms with van der Waals surface area (Å²) in [7, 11) is 0. The minimum atomic E-state index is -0.467. The summed E-state index contributed by atoms with van der Waals surface area (Å²) in [5.41, 5.74) is 2.98. The summed E-state index contributed by atoms with van der Waals surface area (Å²) < 4.78 is 0. The van der Waals surface area contributed by atoms with Crippen LogP contribution >= 0.6 is 0 Å². The van der Waals surface area contributed by atoms with E-state index in [0.717, 1.165) is 18.4 Å². The number of carbonyl (C=O) groups excluding carboxylic acids is 1. The number of fused-ring (bicyclic) bond motifs is 1. The van der Waals surface area contributed by atoms with Gasteiger partial charge in [0.05, 0.1) is 6.10 Å². The SMILES string of the molecule is CC1=C[C@@H](O)[C@H]2CC(C)=C(C)C[C@@]2(C)C1=O. The summed E-state index contributed by atoms with van der Waals surface area (Å²) >= 11 is 0. The lowest BCUT2D eigenvalue weighted by Crippen LogP contribution is -2.47. The topological polar surface area (TPSA) is 37.3 Å². The molecule has 0 saturated carbocycles. The molecular weight excluding hydrogens is 200 g/mol. The van der Waals surface area contributed by atoms with E-state index in [9.17, 15) is 9.90 Å². The van der Waals surface area contributed by atoms with Crippen molar-refractivity contribution in [2.45, 2.75) is 46.6 Å². The van der Waals surface area contributed by atoms with Crippen LogP contribution in [0.2, 0.25) is 0 Å². The number of ketones is 1. The monoisotopic (exact) mass is 220 g/mol. The van der Waals surface area contributed by atoms with Crippen LogP contribution in [-0.2, 0) is 4.79 Å². The van der Waals surface area contributed by atoms with Gasteiger partial charge < -0.3 is 5.11 Å². The van der Waals surface area contributed by atoms with E-state index in [1.54, 1.807) is 6.08 Å². The first-order valence-corrected chi connectivity index (χ1v) is 5.93. The molecule has 0 radical (unpaired) electrons. The van der Waals surface area contributed by atoms with Crippen LogP contribution in [0.3, 0.4) is 0 Å². The Labute approximate surface area is 97.0 Å². The number of Topliss-reactive ketones (excluding diaryl/α,β-unsaturated/α-hetero) is 1. The lowest BCUT2D eigenvalue weighted by Gasteiger charge is -2.45. The van der Waals surface area contributed by atoms with E-state index in [2.05, 4.69) is 13.8 Å². The fourth-order valence-electron chi connectivity index (χ4n) is 3.21. The molecule has 2 nitrogen and oxygen atoms in total. The van der Waals surface area contributed by atoms with Gasteiger partial charge in [0.2, 0.25) is 0 Å². The molecule has 3 atom stereocenters. The molecule has 16 heavy (non-hydrogen) atoms. The Hall–Kier alpha value is -0.890. The second-order valence-electron chi connectivity index (χ2n) is 5.63. The van der Waals surface area contributed by atoms with Crippen molar-refractivity contribution in [3.8, 4) is 0 Å². The minimum absolute atomic E-state index is 0.0624. The van der Waals surface area contributed by atoms with E-state index in [0.29, 0.717) is 0 Å². The molecule has 1 N–H and O–H groups in total. The highest BCUT2D eigenvalue weighted by atomic mass is 16.3. The molecule has 88 valence electrons. The number of carbonyl (C=O) groups is 1. The number of aliphatic hydroxyl groups excluding tert-OH is 1. The zero-order chi connectivity index (χ0) is 12.1. The number of hydrogen-bond acceptors (Lipinski definition) is 2. The molecule has 0 spiro atoms. The number of allylic oxidation sites excluding steroid dienone is 3. The van der Waals surface area contributed by atoms with Crippen LogP contribution in [0.25, 0.3) is 0 Å². The van der Waals surface area contributed by atoms with Gasteiger partial charge in [0.1, 0.15) is 0 Å². The van der Waals surface area contributed by atoms with Crippen LogP contribution in [0.15, 0.2) is 22.8 Å². The van der Waals surface area contributed by atoms with Crippen molar-refractivity contribution in [1.29, 1.82) is 0 Å². The molecule has 2 rings (SSSR count). The molecule has 0 aromatic rings. The van der Waals surface area contributed by atoms with Crippen LogP contribution in [-0.4, -0.2) is 17.0 Å². The molecule has 2 aliphatic rings. The third-order valence-electron chi connectivity index (χ3n) is 4.42. The third-order valence-corrected chi connectivity index (χ3v) is 4.42. The summed E-state index contributed by atoms with van der Waals surface area (Å²) in [6.45, 7) is 8.03. The van der Waals surface area contributed by atoms with Gasteiger partial charge in [-0.3, -0.25) is 4.79 Å². The first-order chi connectivity index (χ1) is 7.36. The Bertz CT molecular complexity index is 403. The first kappa shape index (κ1) is 11.6. The van der Waals surface area contributed by atoms with Crippen molar-refractivity contribution in [2.24, 2.45) is 11.3 Å². The summed E-state index contributed by atoms with van der Waals surface area (Å²) in [4.78, 5) is 12.3. The van der Waals surface area contributed by atoms with Gasteiger partial charge in [0.25, 0.3) is 0 Å². The van der Waals surface area contributed by atoms with Gasteiger partial charge in [-0.2, -0.15) is 0 Å². The van der Waals surface area contributed by atoms with E-state index >= 15 is 0 Å². The van der Waals surface area contributed by atoms with Crippen LogP contribution < -0.4 is 0 Å². The van der Waals surface area contributed by atoms with Crippen molar-refractivity contribution in [2.75, 3.05) is 0 Å². The Morgan fingerprint density at radius 1 is 1.31 bits per heavy atom. The van der Waals surface area contributed by atoms with E-state index in [-0.39, 0.29) is 17.1 Å². The number of rotatable bonds is 0. The van der Waals surface area contributed by atoms with Crippen LogP contribution in [0, 0.1) is 11.3 Å². The third kappa shape index (κ3) is 1.47. The van der Waals surface area contributed by atoms with Crippen molar-refractivity contribution in [3.63, 3.8) is 0 Å². The second kappa shape index (κ2) is 3.56. The number of hydrogen-bond donors (Lipinski definition) is 1. The summed E-state index contributed by atoms with van der Waals surface area (Å²) in [5, 5.41) is 10.1. The maximum atomic E-state index is 12.3. The fraction of sp³-hybridized carbons (Fsp3) is 0.643. The summed E-state index contributed by atoms with van der Waals surface area (Å²) in [6, 6.07) is 0. The molecule has 0 saturated heterocycles. The van der Waals surface area contributed by atoms with Crippen LogP contribution in [0.5, 0.6) is 0 Å². The standard InChI is InChI=1S/C14H20O2/c1-8-5-11-12(15)6-9(2)13(16)14(11,4)7-10(8)3/h6,11-12,15H,5,7H2,1-4H3/t11-,12-,14-/m1/s1. The number of aliphatic hydroxyl groups is 1. The normalized spacial score (nSPS) is 39.6. The Morgan fingerprint density at radius 3 is 2.56 bits per heavy atom. The molecule has 0 amide bonds. The van der Waals surface area contributed by atoms with E-state index in [1.807, 2.05) is 13.8 Å². The predicted octanol–water partition coefficient (Wildman–Crippen LogP) is 2.63. The molecule has 2 aliphatic carbocycles. The average molecular weight is 220 g/mol. The quantitative estimate of drug-likeness (QED) is 0.637. The largest absolute Gasteiger partial charge is 0.389 e. The molecule has 0 unspecified atom stereocenters.